The molecule has 1 amide bonds. The summed E-state index contributed by atoms with van der Waals surface area (Å²) in [4.78, 5) is 13.9. The van der Waals surface area contributed by atoms with E-state index in [1.165, 1.54) is 6.07 Å². The van der Waals surface area contributed by atoms with Crippen LogP contribution in [0.2, 0.25) is 0 Å². The van der Waals surface area contributed by atoms with Gasteiger partial charge < -0.3 is 10.2 Å². The highest BCUT2D eigenvalue weighted by Crippen LogP contribution is 2.12. The van der Waals surface area contributed by atoms with E-state index < -0.39 is 0 Å². The Labute approximate surface area is 113 Å². The summed E-state index contributed by atoms with van der Waals surface area (Å²) < 4.78 is 13.2. The Bertz CT molecular complexity index is 455. The molecule has 1 fully saturated rings. The molecule has 3 nitrogen and oxygen atoms in total. The van der Waals surface area contributed by atoms with Crippen LogP contribution in [0.1, 0.15) is 17.5 Å². The van der Waals surface area contributed by atoms with Gasteiger partial charge in [-0.25, -0.2) is 4.39 Å². The molecule has 0 radical (unpaired) electrons. The van der Waals surface area contributed by atoms with Gasteiger partial charge in [-0.2, -0.15) is 0 Å². The average Bonchev–Trinajstić information content (AvgIpc) is 2.86. The third-order valence-corrected chi connectivity index (χ3v) is 3.70. The van der Waals surface area contributed by atoms with Crippen molar-refractivity contribution in [1.29, 1.82) is 0 Å². The van der Waals surface area contributed by atoms with Crippen molar-refractivity contribution < 1.29 is 9.18 Å². The molecule has 1 saturated heterocycles. The topological polar surface area (TPSA) is 32.3 Å². The van der Waals surface area contributed by atoms with Crippen LogP contribution in [0.4, 0.5) is 4.39 Å². The van der Waals surface area contributed by atoms with Gasteiger partial charge in [0.2, 0.25) is 5.91 Å². The predicted octanol–water partition coefficient (Wildman–Crippen LogP) is 1.74. The molecule has 0 bridgehead atoms. The molecule has 104 valence electrons. The van der Waals surface area contributed by atoms with Gasteiger partial charge in [0.15, 0.2) is 0 Å². The molecule has 1 aromatic rings. The van der Waals surface area contributed by atoms with Gasteiger partial charge in [-0.15, -0.1) is 0 Å². The third kappa shape index (κ3) is 3.77. The number of carbonyl (C=O) groups excluding carboxylic acids is 1. The molecule has 2 rings (SSSR count). The number of benzene rings is 1. The summed E-state index contributed by atoms with van der Waals surface area (Å²) in [6.45, 7) is 4.56. The van der Waals surface area contributed by atoms with Crippen LogP contribution in [0.25, 0.3) is 0 Å². The molecule has 19 heavy (non-hydrogen) atoms. The molecule has 0 saturated carbocycles. The van der Waals surface area contributed by atoms with E-state index in [0.717, 1.165) is 31.6 Å². The second kappa shape index (κ2) is 6.15. The van der Waals surface area contributed by atoms with Crippen molar-refractivity contribution in [1.82, 2.24) is 10.2 Å². The molecular formula is C15H21FN2O. The van der Waals surface area contributed by atoms with Crippen molar-refractivity contribution in [2.45, 2.75) is 19.8 Å². The number of carbonyl (C=O) groups is 1. The molecule has 1 unspecified atom stereocenters. The number of rotatable bonds is 4. The number of amides is 1. The fourth-order valence-corrected chi connectivity index (χ4v) is 2.49. The van der Waals surface area contributed by atoms with Crippen LogP contribution in [0.3, 0.4) is 0 Å². The minimum absolute atomic E-state index is 0.0953. The maximum atomic E-state index is 13.2. The first-order valence-electron chi connectivity index (χ1n) is 6.76. The van der Waals surface area contributed by atoms with Crippen LogP contribution in [0.5, 0.6) is 0 Å². The zero-order valence-corrected chi connectivity index (χ0v) is 11.6. The van der Waals surface area contributed by atoms with Gasteiger partial charge in [0, 0.05) is 13.6 Å². The van der Waals surface area contributed by atoms with Crippen LogP contribution in [-0.4, -0.2) is 37.5 Å². The molecular weight excluding hydrogens is 243 g/mol. The Morgan fingerprint density at radius 1 is 1.53 bits per heavy atom. The number of likely N-dealkylation sites (N-methyl/N-ethyl adjacent to an activating group) is 1. The lowest BCUT2D eigenvalue weighted by atomic mass is 10.1. The van der Waals surface area contributed by atoms with E-state index in [9.17, 15) is 9.18 Å². The molecule has 1 aliphatic heterocycles. The maximum Gasteiger partial charge on any atom is 0.226 e. The van der Waals surface area contributed by atoms with E-state index in [2.05, 4.69) is 5.32 Å². The quantitative estimate of drug-likeness (QED) is 0.898. The number of nitrogens with one attached hydrogen (secondary N) is 1. The lowest BCUT2D eigenvalue weighted by Gasteiger charge is -2.21. The molecule has 1 aromatic carbocycles. The summed E-state index contributed by atoms with van der Waals surface area (Å²) in [5, 5.41) is 3.30. The third-order valence-electron chi connectivity index (χ3n) is 3.70. The predicted molar refractivity (Wildman–Crippen MR) is 73.5 cm³/mol. The molecule has 1 atom stereocenters. The average molecular weight is 264 g/mol. The monoisotopic (exact) mass is 264 g/mol. The fourth-order valence-electron chi connectivity index (χ4n) is 2.49. The normalized spacial score (nSPS) is 18.6. The van der Waals surface area contributed by atoms with Crippen molar-refractivity contribution in [2.75, 3.05) is 26.7 Å². The Morgan fingerprint density at radius 3 is 2.95 bits per heavy atom. The molecule has 0 aromatic heterocycles. The van der Waals surface area contributed by atoms with Crippen LogP contribution in [0.15, 0.2) is 18.2 Å². The number of halogens is 1. The highest BCUT2D eigenvalue weighted by molar-refractivity contribution is 5.78. The van der Waals surface area contributed by atoms with E-state index in [-0.39, 0.29) is 11.7 Å². The first kappa shape index (κ1) is 14.0. The zero-order valence-electron chi connectivity index (χ0n) is 11.6. The van der Waals surface area contributed by atoms with Crippen molar-refractivity contribution in [2.24, 2.45) is 5.92 Å². The Kier molecular flexibility index (Phi) is 4.53. The second-order valence-electron chi connectivity index (χ2n) is 5.39. The Balaban J connectivity index is 1.90. The summed E-state index contributed by atoms with van der Waals surface area (Å²) >= 11 is 0. The molecule has 1 heterocycles. The number of aryl methyl sites for hydroxylation is 1. The minimum atomic E-state index is -0.221. The SMILES string of the molecule is Cc1cc(CC(=O)N(C)CC2CCNC2)ccc1F. The molecule has 0 aliphatic carbocycles. The first-order valence-corrected chi connectivity index (χ1v) is 6.76. The first-order chi connectivity index (χ1) is 9.06. The van der Waals surface area contributed by atoms with Crippen LogP contribution in [0, 0.1) is 18.7 Å². The van der Waals surface area contributed by atoms with Gasteiger partial charge >= 0.3 is 0 Å². The fraction of sp³-hybridized carbons (Fsp3) is 0.533. The second-order valence-corrected chi connectivity index (χ2v) is 5.39. The van der Waals surface area contributed by atoms with Gasteiger partial charge in [-0.3, -0.25) is 4.79 Å². The van der Waals surface area contributed by atoms with E-state index >= 15 is 0 Å². The Morgan fingerprint density at radius 2 is 2.32 bits per heavy atom. The molecule has 4 heteroatoms. The van der Waals surface area contributed by atoms with Gasteiger partial charge in [0.1, 0.15) is 5.82 Å². The maximum absolute atomic E-state index is 13.2. The number of hydrogen-bond acceptors (Lipinski definition) is 2. The largest absolute Gasteiger partial charge is 0.345 e. The Hall–Kier alpha value is -1.42. The molecule has 1 aliphatic rings. The van der Waals surface area contributed by atoms with Crippen LogP contribution >= 0.6 is 0 Å². The van der Waals surface area contributed by atoms with Gasteiger partial charge in [-0.1, -0.05) is 12.1 Å². The number of nitrogens with zero attached hydrogens (tertiary/aromatic N) is 1. The van der Waals surface area contributed by atoms with E-state index in [1.807, 2.05) is 7.05 Å². The lowest BCUT2D eigenvalue weighted by molar-refractivity contribution is -0.129. The van der Waals surface area contributed by atoms with E-state index in [4.69, 9.17) is 0 Å². The smallest absolute Gasteiger partial charge is 0.226 e. The summed E-state index contributed by atoms with van der Waals surface area (Å²) in [6, 6.07) is 4.86. The summed E-state index contributed by atoms with van der Waals surface area (Å²) in [7, 11) is 1.84. The molecule has 0 spiro atoms. The van der Waals surface area contributed by atoms with Crippen molar-refractivity contribution >= 4 is 5.91 Å². The van der Waals surface area contributed by atoms with Crippen molar-refractivity contribution in [3.05, 3.63) is 35.1 Å². The minimum Gasteiger partial charge on any atom is -0.345 e. The molecule has 1 N–H and O–H groups in total. The summed E-state index contributed by atoms with van der Waals surface area (Å²) in [5.41, 5.74) is 1.47. The van der Waals surface area contributed by atoms with Crippen LogP contribution < -0.4 is 5.32 Å². The van der Waals surface area contributed by atoms with Gasteiger partial charge in [-0.05, 0) is 49.5 Å². The highest BCUT2D eigenvalue weighted by atomic mass is 19.1. The van der Waals surface area contributed by atoms with Crippen molar-refractivity contribution in [3.63, 3.8) is 0 Å². The van der Waals surface area contributed by atoms with E-state index in [0.29, 0.717) is 17.9 Å². The van der Waals surface area contributed by atoms with Gasteiger partial charge in [0.05, 0.1) is 6.42 Å². The van der Waals surface area contributed by atoms with E-state index in [1.54, 1.807) is 24.0 Å². The number of hydrogen-bond donors (Lipinski definition) is 1. The highest BCUT2D eigenvalue weighted by Gasteiger charge is 2.19. The lowest BCUT2D eigenvalue weighted by Crippen LogP contribution is -2.33. The van der Waals surface area contributed by atoms with Gasteiger partial charge in [0.25, 0.3) is 0 Å². The summed E-state index contributed by atoms with van der Waals surface area (Å²) in [6.07, 6.45) is 1.48. The van der Waals surface area contributed by atoms with Crippen LogP contribution in [-0.2, 0) is 11.2 Å². The summed E-state index contributed by atoms with van der Waals surface area (Å²) in [5.74, 6) is 0.434. The zero-order chi connectivity index (χ0) is 13.8. The standard InChI is InChI=1S/C15H21FN2O/c1-11-7-12(3-4-14(11)16)8-15(19)18(2)10-13-5-6-17-9-13/h3-4,7,13,17H,5-6,8-10H2,1-2H3. The van der Waals surface area contributed by atoms with Crippen molar-refractivity contribution in [3.8, 4) is 0 Å².